The molecule has 27 heavy (non-hydrogen) atoms. The van der Waals surface area contributed by atoms with E-state index in [1.807, 2.05) is 6.92 Å². The third kappa shape index (κ3) is 5.45. The lowest BCUT2D eigenvalue weighted by Gasteiger charge is -2.19. The minimum Gasteiger partial charge on any atom is -0.483 e. The molecular formula is C19H23ClN2O4S. The van der Waals surface area contributed by atoms with E-state index < -0.39 is 10.0 Å². The van der Waals surface area contributed by atoms with Crippen LogP contribution in [0.1, 0.15) is 19.4 Å². The summed E-state index contributed by atoms with van der Waals surface area (Å²) >= 11 is 5.89. The minimum atomic E-state index is -3.59. The highest BCUT2D eigenvalue weighted by Gasteiger charge is 2.21. The van der Waals surface area contributed by atoms with Gasteiger partial charge in [-0.3, -0.25) is 4.79 Å². The molecule has 146 valence electrons. The minimum absolute atomic E-state index is 0.137. The Balaban J connectivity index is 2.06. The van der Waals surface area contributed by atoms with Crippen LogP contribution >= 0.6 is 11.6 Å². The van der Waals surface area contributed by atoms with Crippen molar-refractivity contribution in [1.82, 2.24) is 4.31 Å². The van der Waals surface area contributed by atoms with E-state index in [1.54, 1.807) is 44.2 Å². The van der Waals surface area contributed by atoms with Crippen molar-refractivity contribution in [3.63, 3.8) is 0 Å². The molecule has 0 unspecified atom stereocenters. The van der Waals surface area contributed by atoms with E-state index in [0.717, 1.165) is 5.56 Å². The summed E-state index contributed by atoms with van der Waals surface area (Å²) in [5.74, 6) is 0.175. The van der Waals surface area contributed by atoms with Crippen molar-refractivity contribution < 1.29 is 17.9 Å². The van der Waals surface area contributed by atoms with Crippen LogP contribution in [-0.4, -0.2) is 38.3 Å². The maximum absolute atomic E-state index is 12.6. The second kappa shape index (κ2) is 9.21. The van der Waals surface area contributed by atoms with Gasteiger partial charge in [0.05, 0.1) is 4.90 Å². The summed E-state index contributed by atoms with van der Waals surface area (Å²) in [5, 5.41) is 3.25. The summed E-state index contributed by atoms with van der Waals surface area (Å²) in [6.07, 6.45) is 0. The van der Waals surface area contributed by atoms with Gasteiger partial charge in [0, 0.05) is 23.8 Å². The predicted molar refractivity (Wildman–Crippen MR) is 107 cm³/mol. The molecule has 0 heterocycles. The molecule has 1 amide bonds. The zero-order valence-electron chi connectivity index (χ0n) is 15.5. The molecule has 0 saturated carbocycles. The zero-order chi connectivity index (χ0) is 20.0. The fourth-order valence-electron chi connectivity index (χ4n) is 2.56. The van der Waals surface area contributed by atoms with Gasteiger partial charge in [0.2, 0.25) is 10.0 Å². The van der Waals surface area contributed by atoms with Crippen molar-refractivity contribution >= 4 is 33.2 Å². The number of carbonyl (C=O) groups excluding carboxylic acids is 1. The third-order valence-electron chi connectivity index (χ3n) is 3.96. The maximum atomic E-state index is 12.6. The molecule has 0 aliphatic heterocycles. The van der Waals surface area contributed by atoms with Crippen LogP contribution in [-0.2, 0) is 14.8 Å². The predicted octanol–water partition coefficient (Wildman–Crippen LogP) is 3.70. The smallest absolute Gasteiger partial charge is 0.262 e. The van der Waals surface area contributed by atoms with Gasteiger partial charge in [-0.15, -0.1) is 0 Å². The molecule has 1 N–H and O–H groups in total. The van der Waals surface area contributed by atoms with Gasteiger partial charge in [-0.05, 0) is 48.9 Å². The van der Waals surface area contributed by atoms with Crippen LogP contribution in [0.5, 0.6) is 5.75 Å². The highest BCUT2D eigenvalue weighted by Crippen LogP contribution is 2.22. The van der Waals surface area contributed by atoms with Crippen LogP contribution in [0.2, 0.25) is 5.02 Å². The van der Waals surface area contributed by atoms with Crippen LogP contribution < -0.4 is 10.1 Å². The van der Waals surface area contributed by atoms with E-state index in [1.165, 1.54) is 16.4 Å². The molecule has 0 fully saturated rings. The topological polar surface area (TPSA) is 75.7 Å². The monoisotopic (exact) mass is 410 g/mol. The molecule has 6 nitrogen and oxygen atoms in total. The third-order valence-corrected chi connectivity index (χ3v) is 6.24. The van der Waals surface area contributed by atoms with Gasteiger partial charge in [0.1, 0.15) is 5.75 Å². The van der Waals surface area contributed by atoms with Crippen molar-refractivity contribution in [2.24, 2.45) is 0 Å². The molecule has 0 atom stereocenters. The fraction of sp³-hybridized carbons (Fsp3) is 0.316. The lowest BCUT2D eigenvalue weighted by Crippen LogP contribution is -2.30. The Labute approximate surface area is 165 Å². The molecule has 0 aromatic heterocycles. The SMILES string of the molecule is CCN(CC)S(=O)(=O)c1cccc(NC(=O)COc2ccc(Cl)cc2C)c1. The van der Waals surface area contributed by atoms with E-state index >= 15 is 0 Å². The van der Waals surface area contributed by atoms with Gasteiger partial charge in [0.25, 0.3) is 5.91 Å². The number of anilines is 1. The second-order valence-corrected chi connectivity index (χ2v) is 8.24. The number of carbonyl (C=O) groups is 1. The number of sulfonamides is 1. The summed E-state index contributed by atoms with van der Waals surface area (Å²) in [6, 6.07) is 11.3. The number of halogens is 1. The normalized spacial score (nSPS) is 11.4. The number of nitrogens with one attached hydrogen (secondary N) is 1. The van der Waals surface area contributed by atoms with Crippen molar-refractivity contribution in [2.45, 2.75) is 25.7 Å². The average Bonchev–Trinajstić information content (AvgIpc) is 2.62. The second-order valence-electron chi connectivity index (χ2n) is 5.86. The largest absolute Gasteiger partial charge is 0.483 e. The Kier molecular flexibility index (Phi) is 7.24. The lowest BCUT2D eigenvalue weighted by atomic mass is 10.2. The van der Waals surface area contributed by atoms with Crippen molar-refractivity contribution in [2.75, 3.05) is 25.0 Å². The number of aryl methyl sites for hydroxylation is 1. The van der Waals surface area contributed by atoms with Crippen LogP contribution in [0.15, 0.2) is 47.4 Å². The van der Waals surface area contributed by atoms with E-state index in [9.17, 15) is 13.2 Å². The summed E-state index contributed by atoms with van der Waals surface area (Å²) in [5.41, 5.74) is 1.22. The van der Waals surface area contributed by atoms with Crippen molar-refractivity contribution in [3.8, 4) is 5.75 Å². The summed E-state index contributed by atoms with van der Waals surface area (Å²) in [6.45, 7) is 5.95. The van der Waals surface area contributed by atoms with Crippen LogP contribution in [0, 0.1) is 6.92 Å². The van der Waals surface area contributed by atoms with E-state index in [2.05, 4.69) is 5.32 Å². The summed E-state index contributed by atoms with van der Waals surface area (Å²) in [7, 11) is -3.59. The van der Waals surface area contributed by atoms with E-state index in [4.69, 9.17) is 16.3 Å². The van der Waals surface area contributed by atoms with Gasteiger partial charge < -0.3 is 10.1 Å². The van der Waals surface area contributed by atoms with E-state index in [-0.39, 0.29) is 17.4 Å². The van der Waals surface area contributed by atoms with Crippen molar-refractivity contribution in [3.05, 3.63) is 53.1 Å². The van der Waals surface area contributed by atoms with Crippen LogP contribution in [0.4, 0.5) is 5.69 Å². The molecule has 0 saturated heterocycles. The number of hydrogen-bond acceptors (Lipinski definition) is 4. The molecule has 2 rings (SSSR count). The standard InChI is InChI=1S/C19H23ClN2O4S/c1-4-22(5-2)27(24,25)17-8-6-7-16(12-17)21-19(23)13-26-18-10-9-15(20)11-14(18)3/h6-12H,4-5,13H2,1-3H3,(H,21,23). The van der Waals surface area contributed by atoms with Gasteiger partial charge in [-0.1, -0.05) is 31.5 Å². The number of rotatable bonds is 8. The highest BCUT2D eigenvalue weighted by molar-refractivity contribution is 7.89. The molecule has 0 bridgehead atoms. The summed E-state index contributed by atoms with van der Waals surface area (Å²) in [4.78, 5) is 12.3. The molecule has 2 aromatic rings. The molecular weight excluding hydrogens is 388 g/mol. The number of amides is 1. The molecule has 0 aliphatic carbocycles. The van der Waals surface area contributed by atoms with Gasteiger partial charge >= 0.3 is 0 Å². The Morgan fingerprint density at radius 1 is 1.15 bits per heavy atom. The van der Waals surface area contributed by atoms with Crippen molar-refractivity contribution in [1.29, 1.82) is 0 Å². The molecule has 2 aromatic carbocycles. The fourth-order valence-corrected chi connectivity index (χ4v) is 4.29. The number of benzene rings is 2. The Bertz CT molecular complexity index is 912. The molecule has 0 aliphatic rings. The average molecular weight is 411 g/mol. The van der Waals surface area contributed by atoms with Gasteiger partial charge in [-0.25, -0.2) is 8.42 Å². The maximum Gasteiger partial charge on any atom is 0.262 e. The first kappa shape index (κ1) is 21.2. The van der Waals surface area contributed by atoms with Crippen LogP contribution in [0.3, 0.4) is 0 Å². The van der Waals surface area contributed by atoms with Gasteiger partial charge in [-0.2, -0.15) is 4.31 Å². The first-order chi connectivity index (χ1) is 12.8. The Morgan fingerprint density at radius 3 is 2.48 bits per heavy atom. The summed E-state index contributed by atoms with van der Waals surface area (Å²) < 4.78 is 32.0. The molecule has 8 heteroatoms. The first-order valence-corrected chi connectivity index (χ1v) is 10.4. The Hall–Kier alpha value is -2.09. The Morgan fingerprint density at radius 2 is 1.85 bits per heavy atom. The first-order valence-electron chi connectivity index (χ1n) is 8.57. The highest BCUT2D eigenvalue weighted by atomic mass is 35.5. The molecule has 0 radical (unpaired) electrons. The van der Waals surface area contributed by atoms with Gasteiger partial charge in [0.15, 0.2) is 6.61 Å². The quantitative estimate of drug-likeness (QED) is 0.720. The number of hydrogen-bond donors (Lipinski definition) is 1. The number of nitrogens with zero attached hydrogens (tertiary/aromatic N) is 1. The number of ether oxygens (including phenoxy) is 1. The zero-order valence-corrected chi connectivity index (χ0v) is 17.1. The molecule has 0 spiro atoms. The lowest BCUT2D eigenvalue weighted by molar-refractivity contribution is -0.118. The van der Waals surface area contributed by atoms with Crippen LogP contribution in [0.25, 0.3) is 0 Å². The van der Waals surface area contributed by atoms with E-state index in [0.29, 0.717) is 29.5 Å².